The van der Waals surface area contributed by atoms with E-state index in [0.717, 1.165) is 42.2 Å². The molecule has 2 rings (SSSR count). The summed E-state index contributed by atoms with van der Waals surface area (Å²) in [6, 6.07) is 0. The molecule has 0 aliphatic rings. The SMILES string of the molecule is CCn1nc(C)c2nc(CCCl)n(CC(C)C)c21. The van der Waals surface area contributed by atoms with Crippen LogP contribution in [0.3, 0.4) is 0 Å². The maximum absolute atomic E-state index is 5.88. The van der Waals surface area contributed by atoms with Crippen LogP contribution in [0.5, 0.6) is 0 Å². The summed E-state index contributed by atoms with van der Waals surface area (Å²) in [5, 5.41) is 4.54. The average molecular weight is 269 g/mol. The van der Waals surface area contributed by atoms with E-state index in [0.29, 0.717) is 11.8 Å². The van der Waals surface area contributed by atoms with E-state index in [4.69, 9.17) is 16.6 Å². The molecule has 0 amide bonds. The van der Waals surface area contributed by atoms with Gasteiger partial charge in [-0.15, -0.1) is 11.6 Å². The van der Waals surface area contributed by atoms with Crippen LogP contribution in [-0.4, -0.2) is 25.2 Å². The maximum Gasteiger partial charge on any atom is 0.158 e. The molecule has 4 nitrogen and oxygen atoms in total. The minimum atomic E-state index is 0.581. The van der Waals surface area contributed by atoms with Gasteiger partial charge in [-0.2, -0.15) is 5.10 Å². The Labute approximate surface area is 113 Å². The standard InChI is InChI=1S/C13H21ClN4/c1-5-18-13-12(10(4)16-18)15-11(6-7-14)17(13)8-9(2)3/h9H,5-8H2,1-4H3. The van der Waals surface area contributed by atoms with E-state index in [1.54, 1.807) is 0 Å². The molecule has 2 aromatic heterocycles. The largest absolute Gasteiger partial charge is 0.313 e. The molecule has 0 spiro atoms. The van der Waals surface area contributed by atoms with Crippen molar-refractivity contribution in [1.29, 1.82) is 0 Å². The van der Waals surface area contributed by atoms with Gasteiger partial charge in [0.1, 0.15) is 11.3 Å². The normalized spacial score (nSPS) is 11.9. The summed E-state index contributed by atoms with van der Waals surface area (Å²) in [7, 11) is 0. The summed E-state index contributed by atoms with van der Waals surface area (Å²) in [6.45, 7) is 10.4. The maximum atomic E-state index is 5.88. The molecule has 0 bridgehead atoms. The van der Waals surface area contributed by atoms with Crippen molar-refractivity contribution < 1.29 is 0 Å². The van der Waals surface area contributed by atoms with Gasteiger partial charge in [-0.3, -0.25) is 0 Å². The van der Waals surface area contributed by atoms with Crippen LogP contribution in [0.2, 0.25) is 0 Å². The quantitative estimate of drug-likeness (QED) is 0.782. The number of aryl methyl sites for hydroxylation is 3. The van der Waals surface area contributed by atoms with E-state index in [9.17, 15) is 0 Å². The number of imidazole rings is 1. The Morgan fingerprint density at radius 3 is 2.61 bits per heavy atom. The fraction of sp³-hybridized carbons (Fsp3) is 0.692. The van der Waals surface area contributed by atoms with Crippen molar-refractivity contribution in [3.63, 3.8) is 0 Å². The second kappa shape index (κ2) is 5.31. The number of aromatic nitrogens is 4. The van der Waals surface area contributed by atoms with Gasteiger partial charge in [0.05, 0.1) is 5.69 Å². The Balaban J connectivity index is 2.62. The number of halogens is 1. The summed E-state index contributed by atoms with van der Waals surface area (Å²) in [5.74, 6) is 2.27. The molecule has 0 saturated carbocycles. The van der Waals surface area contributed by atoms with Gasteiger partial charge >= 0.3 is 0 Å². The van der Waals surface area contributed by atoms with Crippen LogP contribution < -0.4 is 0 Å². The van der Waals surface area contributed by atoms with Gasteiger partial charge < -0.3 is 4.57 Å². The Bertz CT molecular complexity index is 539. The molecule has 5 heteroatoms. The zero-order valence-corrected chi connectivity index (χ0v) is 12.3. The van der Waals surface area contributed by atoms with Crippen molar-refractivity contribution in [3.05, 3.63) is 11.5 Å². The molecule has 0 aliphatic heterocycles. The number of hydrogen-bond donors (Lipinski definition) is 0. The predicted molar refractivity (Wildman–Crippen MR) is 75.2 cm³/mol. The van der Waals surface area contributed by atoms with Crippen LogP contribution in [0.1, 0.15) is 32.3 Å². The topological polar surface area (TPSA) is 35.6 Å². The fourth-order valence-corrected chi connectivity index (χ4v) is 2.49. The predicted octanol–water partition coefficient (Wildman–Crippen LogP) is 3.00. The minimum absolute atomic E-state index is 0.581. The fourth-order valence-electron chi connectivity index (χ4n) is 2.32. The van der Waals surface area contributed by atoms with Crippen molar-refractivity contribution in [2.75, 3.05) is 5.88 Å². The summed E-state index contributed by atoms with van der Waals surface area (Å²) >= 11 is 5.88. The van der Waals surface area contributed by atoms with Crippen molar-refractivity contribution in [2.24, 2.45) is 5.92 Å². The first-order valence-corrected chi connectivity index (χ1v) is 7.10. The molecule has 0 unspecified atom stereocenters. The van der Waals surface area contributed by atoms with Crippen molar-refractivity contribution >= 4 is 22.8 Å². The molecule has 0 N–H and O–H groups in total. The van der Waals surface area contributed by atoms with Gasteiger partial charge in [0.2, 0.25) is 0 Å². The number of hydrogen-bond acceptors (Lipinski definition) is 2. The molecule has 0 aliphatic carbocycles. The zero-order chi connectivity index (χ0) is 13.3. The molecule has 0 aromatic carbocycles. The second-order valence-corrected chi connectivity index (χ2v) is 5.42. The highest BCUT2D eigenvalue weighted by Gasteiger charge is 2.18. The van der Waals surface area contributed by atoms with Crippen LogP contribution >= 0.6 is 11.6 Å². The number of fused-ring (bicyclic) bond motifs is 1. The molecule has 0 saturated heterocycles. The minimum Gasteiger partial charge on any atom is -0.313 e. The summed E-state index contributed by atoms with van der Waals surface area (Å²) < 4.78 is 4.32. The number of rotatable bonds is 5. The van der Waals surface area contributed by atoms with Crippen LogP contribution in [-0.2, 0) is 19.5 Å². The molecule has 2 heterocycles. The van der Waals surface area contributed by atoms with Crippen LogP contribution in [0, 0.1) is 12.8 Å². The van der Waals surface area contributed by atoms with Crippen LogP contribution in [0.15, 0.2) is 0 Å². The van der Waals surface area contributed by atoms with E-state index >= 15 is 0 Å². The average Bonchev–Trinajstić information content (AvgIpc) is 2.79. The molecular formula is C13H21ClN4. The van der Waals surface area contributed by atoms with E-state index in [1.807, 2.05) is 11.6 Å². The van der Waals surface area contributed by atoms with Crippen molar-refractivity contribution in [3.8, 4) is 0 Å². The zero-order valence-electron chi connectivity index (χ0n) is 11.6. The smallest absolute Gasteiger partial charge is 0.158 e. The lowest BCUT2D eigenvalue weighted by molar-refractivity contribution is 0.505. The monoisotopic (exact) mass is 268 g/mol. The van der Waals surface area contributed by atoms with Gasteiger partial charge in [-0.1, -0.05) is 13.8 Å². The first-order chi connectivity index (χ1) is 8.58. The van der Waals surface area contributed by atoms with E-state index in [1.165, 1.54) is 0 Å². The van der Waals surface area contributed by atoms with Gasteiger partial charge in [-0.25, -0.2) is 9.67 Å². The third kappa shape index (κ3) is 2.26. The Kier molecular flexibility index (Phi) is 3.95. The third-order valence-electron chi connectivity index (χ3n) is 3.04. The molecular weight excluding hydrogens is 248 g/mol. The molecule has 2 aromatic rings. The first kappa shape index (κ1) is 13.4. The molecule has 18 heavy (non-hydrogen) atoms. The Morgan fingerprint density at radius 1 is 1.33 bits per heavy atom. The Morgan fingerprint density at radius 2 is 2.06 bits per heavy atom. The van der Waals surface area contributed by atoms with Gasteiger partial charge in [0.15, 0.2) is 5.65 Å². The van der Waals surface area contributed by atoms with Crippen molar-refractivity contribution in [2.45, 2.75) is 47.2 Å². The lowest BCUT2D eigenvalue weighted by atomic mass is 10.2. The van der Waals surface area contributed by atoms with Gasteiger partial charge in [0.25, 0.3) is 0 Å². The highest BCUT2D eigenvalue weighted by molar-refractivity contribution is 6.17. The molecule has 0 fully saturated rings. The molecule has 0 radical (unpaired) electrons. The first-order valence-electron chi connectivity index (χ1n) is 6.56. The number of alkyl halides is 1. The number of nitrogens with zero attached hydrogens (tertiary/aromatic N) is 4. The van der Waals surface area contributed by atoms with Gasteiger partial charge in [0, 0.05) is 25.4 Å². The highest BCUT2D eigenvalue weighted by Crippen LogP contribution is 2.21. The van der Waals surface area contributed by atoms with E-state index in [-0.39, 0.29) is 0 Å². The molecule has 0 atom stereocenters. The third-order valence-corrected chi connectivity index (χ3v) is 3.23. The second-order valence-electron chi connectivity index (χ2n) is 5.04. The lowest BCUT2D eigenvalue weighted by Gasteiger charge is -2.12. The van der Waals surface area contributed by atoms with Crippen molar-refractivity contribution in [1.82, 2.24) is 19.3 Å². The highest BCUT2D eigenvalue weighted by atomic mass is 35.5. The van der Waals surface area contributed by atoms with Crippen LogP contribution in [0.25, 0.3) is 11.2 Å². The summed E-state index contributed by atoms with van der Waals surface area (Å²) in [5.41, 5.74) is 3.17. The Hall–Kier alpha value is -1.03. The van der Waals surface area contributed by atoms with E-state index in [2.05, 4.69) is 30.4 Å². The summed E-state index contributed by atoms with van der Waals surface area (Å²) in [4.78, 5) is 4.72. The van der Waals surface area contributed by atoms with Gasteiger partial charge in [-0.05, 0) is 19.8 Å². The van der Waals surface area contributed by atoms with Crippen LogP contribution in [0.4, 0.5) is 0 Å². The molecule has 100 valence electrons. The summed E-state index contributed by atoms with van der Waals surface area (Å²) in [6.07, 6.45) is 0.812. The van der Waals surface area contributed by atoms with E-state index < -0.39 is 0 Å². The lowest BCUT2D eigenvalue weighted by Crippen LogP contribution is -2.12.